The van der Waals surface area contributed by atoms with Gasteiger partial charge in [-0.3, -0.25) is 0 Å². The molecule has 2 heterocycles. The maximum Gasteiger partial charge on any atom is 0.108 e. The molecule has 0 saturated carbocycles. The molecule has 2 aromatic carbocycles. The zero-order valence-corrected chi connectivity index (χ0v) is 16.4. The van der Waals surface area contributed by atoms with Crippen molar-refractivity contribution in [2.45, 2.75) is 19.3 Å². The van der Waals surface area contributed by atoms with Gasteiger partial charge in [0.15, 0.2) is 0 Å². The second-order valence-corrected chi connectivity index (χ2v) is 7.03. The molecule has 0 saturated heterocycles. The zero-order chi connectivity index (χ0) is 19.7. The van der Waals surface area contributed by atoms with E-state index in [4.69, 9.17) is 8.83 Å². The van der Waals surface area contributed by atoms with Crippen molar-refractivity contribution in [2.75, 3.05) is 23.7 Å². The van der Waals surface area contributed by atoms with E-state index < -0.39 is 0 Å². The summed E-state index contributed by atoms with van der Waals surface area (Å²) in [4.78, 5) is 0. The summed E-state index contributed by atoms with van der Waals surface area (Å²) in [6.45, 7) is 1.81. The third kappa shape index (κ3) is 5.32. The standard InChI is InChI=1S/C25H26N2O2/c1-3-12-24(20(8-1)18-22-10-5-16-28-22)26-14-7-15-27-25-13-4-2-9-21(25)19-23-11-6-17-29-23/h1-6,8-13,16-17,26-27H,7,14-15,18-19H2. The molecule has 0 atom stereocenters. The van der Waals surface area contributed by atoms with Crippen molar-refractivity contribution in [1.82, 2.24) is 0 Å². The van der Waals surface area contributed by atoms with Gasteiger partial charge in [0, 0.05) is 37.3 Å². The summed E-state index contributed by atoms with van der Waals surface area (Å²) in [6.07, 6.45) is 6.06. The van der Waals surface area contributed by atoms with Crippen LogP contribution in [0, 0.1) is 0 Å². The number of para-hydroxylation sites is 2. The first-order chi connectivity index (χ1) is 14.4. The van der Waals surface area contributed by atoms with Gasteiger partial charge in [0.1, 0.15) is 11.5 Å². The van der Waals surface area contributed by atoms with Gasteiger partial charge in [0.2, 0.25) is 0 Å². The van der Waals surface area contributed by atoms with Crippen LogP contribution >= 0.6 is 0 Å². The lowest BCUT2D eigenvalue weighted by Gasteiger charge is -2.13. The Kier molecular flexibility index (Phi) is 6.33. The molecular formula is C25H26N2O2. The lowest BCUT2D eigenvalue weighted by atomic mass is 10.1. The van der Waals surface area contributed by atoms with Crippen LogP contribution < -0.4 is 10.6 Å². The van der Waals surface area contributed by atoms with Crippen molar-refractivity contribution in [1.29, 1.82) is 0 Å². The molecule has 29 heavy (non-hydrogen) atoms. The average molecular weight is 386 g/mol. The summed E-state index contributed by atoms with van der Waals surface area (Å²) >= 11 is 0. The van der Waals surface area contributed by atoms with Crippen LogP contribution in [0.4, 0.5) is 11.4 Å². The van der Waals surface area contributed by atoms with E-state index in [0.29, 0.717) is 0 Å². The molecule has 4 heteroatoms. The minimum absolute atomic E-state index is 0.800. The molecule has 0 bridgehead atoms. The van der Waals surface area contributed by atoms with Crippen molar-refractivity contribution in [3.05, 3.63) is 108 Å². The van der Waals surface area contributed by atoms with Gasteiger partial charge >= 0.3 is 0 Å². The van der Waals surface area contributed by atoms with Crippen LogP contribution in [0.15, 0.2) is 94.2 Å². The molecule has 0 spiro atoms. The highest BCUT2D eigenvalue weighted by Crippen LogP contribution is 2.21. The van der Waals surface area contributed by atoms with Crippen LogP contribution in [0.3, 0.4) is 0 Å². The van der Waals surface area contributed by atoms with Crippen LogP contribution in [-0.2, 0) is 12.8 Å². The topological polar surface area (TPSA) is 50.3 Å². The monoisotopic (exact) mass is 386 g/mol. The summed E-state index contributed by atoms with van der Waals surface area (Å²) in [7, 11) is 0. The van der Waals surface area contributed by atoms with Crippen molar-refractivity contribution in [3.63, 3.8) is 0 Å². The zero-order valence-electron chi connectivity index (χ0n) is 16.4. The fraction of sp³-hybridized carbons (Fsp3) is 0.200. The van der Waals surface area contributed by atoms with Gasteiger partial charge in [-0.05, 0) is 53.9 Å². The van der Waals surface area contributed by atoms with E-state index in [1.807, 2.05) is 24.3 Å². The molecule has 0 aliphatic heterocycles. The van der Waals surface area contributed by atoms with E-state index in [9.17, 15) is 0 Å². The Morgan fingerprint density at radius 3 is 1.48 bits per heavy atom. The molecule has 0 fully saturated rings. The van der Waals surface area contributed by atoms with E-state index in [1.165, 1.54) is 22.5 Å². The van der Waals surface area contributed by atoms with E-state index in [1.54, 1.807) is 12.5 Å². The highest BCUT2D eigenvalue weighted by atomic mass is 16.3. The highest BCUT2D eigenvalue weighted by molar-refractivity contribution is 5.53. The van der Waals surface area contributed by atoms with Crippen LogP contribution in [-0.4, -0.2) is 13.1 Å². The number of hydrogen-bond donors (Lipinski definition) is 2. The fourth-order valence-electron chi connectivity index (χ4n) is 3.43. The number of furan rings is 2. The van der Waals surface area contributed by atoms with E-state index in [2.05, 4.69) is 59.2 Å². The summed E-state index contributed by atoms with van der Waals surface area (Å²) < 4.78 is 11.0. The van der Waals surface area contributed by atoms with E-state index >= 15 is 0 Å². The Bertz CT molecular complexity index is 910. The molecule has 0 aliphatic rings. The van der Waals surface area contributed by atoms with Gasteiger partial charge in [-0.1, -0.05) is 36.4 Å². The van der Waals surface area contributed by atoms with Gasteiger partial charge in [-0.25, -0.2) is 0 Å². The largest absolute Gasteiger partial charge is 0.469 e. The molecule has 2 N–H and O–H groups in total. The Morgan fingerprint density at radius 1 is 0.552 bits per heavy atom. The second-order valence-electron chi connectivity index (χ2n) is 7.03. The molecule has 4 rings (SSSR count). The second kappa shape index (κ2) is 9.69. The predicted molar refractivity (Wildman–Crippen MR) is 118 cm³/mol. The summed E-state index contributed by atoms with van der Waals surface area (Å²) in [5, 5.41) is 7.13. The molecule has 0 amide bonds. The van der Waals surface area contributed by atoms with Gasteiger partial charge in [-0.2, -0.15) is 0 Å². The summed E-state index contributed by atoms with van der Waals surface area (Å²) in [5.41, 5.74) is 4.84. The van der Waals surface area contributed by atoms with E-state index in [0.717, 1.165) is 43.9 Å². The fourth-order valence-corrected chi connectivity index (χ4v) is 3.43. The molecule has 2 aromatic heterocycles. The Labute approximate surface area is 171 Å². The first-order valence-corrected chi connectivity index (χ1v) is 10.1. The Hall–Kier alpha value is -3.40. The third-order valence-corrected chi connectivity index (χ3v) is 4.91. The van der Waals surface area contributed by atoms with Crippen molar-refractivity contribution >= 4 is 11.4 Å². The van der Waals surface area contributed by atoms with Crippen molar-refractivity contribution in [3.8, 4) is 0 Å². The van der Waals surface area contributed by atoms with Gasteiger partial charge in [0.05, 0.1) is 12.5 Å². The lowest BCUT2D eigenvalue weighted by Crippen LogP contribution is -2.11. The average Bonchev–Trinajstić information content (AvgIpc) is 3.44. The number of nitrogens with one attached hydrogen (secondary N) is 2. The lowest BCUT2D eigenvalue weighted by molar-refractivity contribution is 0.520. The highest BCUT2D eigenvalue weighted by Gasteiger charge is 2.06. The smallest absolute Gasteiger partial charge is 0.108 e. The molecule has 4 aromatic rings. The number of benzene rings is 2. The molecule has 0 unspecified atom stereocenters. The first kappa shape index (κ1) is 18.9. The number of anilines is 2. The van der Waals surface area contributed by atoms with Crippen molar-refractivity contribution in [2.24, 2.45) is 0 Å². The van der Waals surface area contributed by atoms with Gasteiger partial charge in [0.25, 0.3) is 0 Å². The summed E-state index contributed by atoms with van der Waals surface area (Å²) in [5.74, 6) is 1.96. The van der Waals surface area contributed by atoms with Gasteiger partial charge in [-0.15, -0.1) is 0 Å². The van der Waals surface area contributed by atoms with Crippen LogP contribution in [0.1, 0.15) is 29.1 Å². The quantitative estimate of drug-likeness (QED) is 0.330. The molecule has 148 valence electrons. The number of rotatable bonds is 10. The van der Waals surface area contributed by atoms with E-state index in [-0.39, 0.29) is 0 Å². The first-order valence-electron chi connectivity index (χ1n) is 10.1. The summed E-state index contributed by atoms with van der Waals surface area (Å²) in [6, 6.07) is 24.7. The minimum Gasteiger partial charge on any atom is -0.469 e. The minimum atomic E-state index is 0.800. The third-order valence-electron chi connectivity index (χ3n) is 4.91. The molecular weight excluding hydrogens is 360 g/mol. The van der Waals surface area contributed by atoms with Gasteiger partial charge < -0.3 is 19.5 Å². The van der Waals surface area contributed by atoms with Crippen LogP contribution in [0.2, 0.25) is 0 Å². The number of hydrogen-bond acceptors (Lipinski definition) is 4. The molecule has 0 aliphatic carbocycles. The Balaban J connectivity index is 1.27. The maximum atomic E-state index is 5.49. The Morgan fingerprint density at radius 2 is 1.03 bits per heavy atom. The molecule has 0 radical (unpaired) electrons. The predicted octanol–water partition coefficient (Wildman–Crippen LogP) is 5.97. The SMILES string of the molecule is c1coc(Cc2ccccc2NCCCNc2ccccc2Cc2ccco2)c1. The van der Waals surface area contributed by atoms with Crippen LogP contribution in [0.25, 0.3) is 0 Å². The normalized spacial score (nSPS) is 10.8. The van der Waals surface area contributed by atoms with Crippen LogP contribution in [0.5, 0.6) is 0 Å². The molecule has 4 nitrogen and oxygen atoms in total. The van der Waals surface area contributed by atoms with Crippen molar-refractivity contribution < 1.29 is 8.83 Å². The maximum absolute atomic E-state index is 5.49.